The summed E-state index contributed by atoms with van der Waals surface area (Å²) in [7, 11) is 0. The molecule has 1 aromatic carbocycles. The number of halogens is 3. The van der Waals surface area contributed by atoms with Crippen molar-refractivity contribution < 1.29 is 13.2 Å². The second kappa shape index (κ2) is 7.11. The molecule has 0 heterocycles. The Labute approximate surface area is 119 Å². The largest absolute Gasteiger partial charge is 0.416 e. The molecule has 0 aliphatic heterocycles. The standard InChI is InChI=1S/C16H24F3N/c1-11(2)9-20-10-12(3)13(4)14-6-5-7-15(8-14)16(17,18)19/h5-8,11-13,20H,9-10H2,1-4H3. The van der Waals surface area contributed by atoms with Crippen LogP contribution in [-0.4, -0.2) is 13.1 Å². The Morgan fingerprint density at radius 3 is 2.25 bits per heavy atom. The van der Waals surface area contributed by atoms with Crippen LogP contribution in [0.5, 0.6) is 0 Å². The molecule has 0 radical (unpaired) electrons. The van der Waals surface area contributed by atoms with Gasteiger partial charge in [-0.3, -0.25) is 0 Å². The van der Waals surface area contributed by atoms with E-state index in [1.807, 2.05) is 6.92 Å². The van der Waals surface area contributed by atoms with Crippen LogP contribution in [0.15, 0.2) is 24.3 Å². The molecule has 20 heavy (non-hydrogen) atoms. The predicted molar refractivity (Wildman–Crippen MR) is 76.7 cm³/mol. The van der Waals surface area contributed by atoms with E-state index < -0.39 is 11.7 Å². The van der Waals surface area contributed by atoms with Crippen molar-refractivity contribution in [2.75, 3.05) is 13.1 Å². The molecule has 114 valence electrons. The smallest absolute Gasteiger partial charge is 0.316 e. The molecule has 2 atom stereocenters. The average molecular weight is 287 g/mol. The van der Waals surface area contributed by atoms with Crippen molar-refractivity contribution in [1.82, 2.24) is 5.32 Å². The molecule has 0 aromatic heterocycles. The maximum absolute atomic E-state index is 12.7. The van der Waals surface area contributed by atoms with Gasteiger partial charge in [-0.2, -0.15) is 13.2 Å². The maximum atomic E-state index is 12.7. The van der Waals surface area contributed by atoms with Gasteiger partial charge in [0.2, 0.25) is 0 Å². The zero-order chi connectivity index (χ0) is 15.3. The Kier molecular flexibility index (Phi) is 6.06. The first-order valence-corrected chi connectivity index (χ1v) is 7.09. The summed E-state index contributed by atoms with van der Waals surface area (Å²) in [6.07, 6.45) is -4.27. The quantitative estimate of drug-likeness (QED) is 0.800. The van der Waals surface area contributed by atoms with Crippen LogP contribution in [0.3, 0.4) is 0 Å². The fourth-order valence-corrected chi connectivity index (χ4v) is 2.10. The fourth-order valence-electron chi connectivity index (χ4n) is 2.10. The second-order valence-electron chi connectivity index (χ2n) is 5.94. The Hall–Kier alpha value is -1.03. The van der Waals surface area contributed by atoms with Crippen molar-refractivity contribution in [2.24, 2.45) is 11.8 Å². The van der Waals surface area contributed by atoms with Crippen molar-refractivity contribution in [1.29, 1.82) is 0 Å². The molecule has 1 aromatic rings. The molecule has 0 spiro atoms. The lowest BCUT2D eigenvalue weighted by Crippen LogP contribution is -2.27. The van der Waals surface area contributed by atoms with Crippen molar-refractivity contribution in [3.8, 4) is 0 Å². The van der Waals surface area contributed by atoms with Gasteiger partial charge < -0.3 is 5.32 Å². The first kappa shape index (κ1) is 17.0. The van der Waals surface area contributed by atoms with E-state index >= 15 is 0 Å². The third kappa shape index (κ3) is 5.16. The summed E-state index contributed by atoms with van der Waals surface area (Å²) in [4.78, 5) is 0. The van der Waals surface area contributed by atoms with Gasteiger partial charge in [0.25, 0.3) is 0 Å². The first-order valence-electron chi connectivity index (χ1n) is 7.09. The van der Waals surface area contributed by atoms with Gasteiger partial charge in [0.15, 0.2) is 0 Å². The average Bonchev–Trinajstić information content (AvgIpc) is 2.36. The highest BCUT2D eigenvalue weighted by molar-refractivity contribution is 5.28. The Morgan fingerprint density at radius 1 is 1.05 bits per heavy atom. The number of rotatable bonds is 6. The van der Waals surface area contributed by atoms with Gasteiger partial charge in [0, 0.05) is 0 Å². The highest BCUT2D eigenvalue weighted by Gasteiger charge is 2.31. The van der Waals surface area contributed by atoms with Crippen LogP contribution >= 0.6 is 0 Å². The number of nitrogens with one attached hydrogen (secondary N) is 1. The van der Waals surface area contributed by atoms with Gasteiger partial charge in [-0.15, -0.1) is 0 Å². The molecular weight excluding hydrogens is 263 g/mol. The molecule has 0 aliphatic rings. The van der Waals surface area contributed by atoms with Crippen LogP contribution in [0.25, 0.3) is 0 Å². The summed E-state index contributed by atoms with van der Waals surface area (Å²) in [5.41, 5.74) is 0.183. The summed E-state index contributed by atoms with van der Waals surface area (Å²) in [6, 6.07) is 5.66. The zero-order valence-corrected chi connectivity index (χ0v) is 12.6. The van der Waals surface area contributed by atoms with Crippen molar-refractivity contribution in [3.63, 3.8) is 0 Å². The van der Waals surface area contributed by atoms with Crippen molar-refractivity contribution >= 4 is 0 Å². The minimum Gasteiger partial charge on any atom is -0.316 e. The van der Waals surface area contributed by atoms with E-state index in [4.69, 9.17) is 0 Å². The van der Waals surface area contributed by atoms with Crippen molar-refractivity contribution in [3.05, 3.63) is 35.4 Å². The van der Waals surface area contributed by atoms with Crippen LogP contribution in [0.2, 0.25) is 0 Å². The molecule has 4 heteroatoms. The summed E-state index contributed by atoms with van der Waals surface area (Å²) < 4.78 is 38.1. The van der Waals surface area contributed by atoms with Crippen molar-refractivity contribution in [2.45, 2.75) is 39.8 Å². The minimum absolute atomic E-state index is 0.0944. The molecule has 0 fully saturated rings. The molecular formula is C16H24F3N. The number of alkyl halides is 3. The van der Waals surface area contributed by atoms with E-state index in [-0.39, 0.29) is 11.8 Å². The van der Waals surface area contributed by atoms with E-state index in [2.05, 4.69) is 26.1 Å². The monoisotopic (exact) mass is 287 g/mol. The topological polar surface area (TPSA) is 12.0 Å². The van der Waals surface area contributed by atoms with Gasteiger partial charge in [0.05, 0.1) is 5.56 Å². The molecule has 0 bridgehead atoms. The van der Waals surface area contributed by atoms with Gasteiger partial charge >= 0.3 is 6.18 Å². The lowest BCUT2D eigenvalue weighted by atomic mass is 9.88. The molecule has 1 rings (SSSR count). The first-order chi connectivity index (χ1) is 9.21. The summed E-state index contributed by atoms with van der Waals surface area (Å²) in [6.45, 7) is 10.1. The SMILES string of the molecule is CC(C)CNCC(C)C(C)c1cccc(C(F)(F)F)c1. The number of benzene rings is 1. The van der Waals surface area contributed by atoms with Crippen LogP contribution in [0, 0.1) is 11.8 Å². The van der Waals surface area contributed by atoms with Crippen LogP contribution in [0.4, 0.5) is 13.2 Å². The van der Waals surface area contributed by atoms with Crippen LogP contribution in [0.1, 0.15) is 44.7 Å². The Morgan fingerprint density at radius 2 is 1.70 bits per heavy atom. The van der Waals surface area contributed by atoms with Crippen LogP contribution in [-0.2, 0) is 6.18 Å². The summed E-state index contributed by atoms with van der Waals surface area (Å²) >= 11 is 0. The Balaban J connectivity index is 2.69. The number of hydrogen-bond donors (Lipinski definition) is 1. The lowest BCUT2D eigenvalue weighted by molar-refractivity contribution is -0.137. The molecule has 2 unspecified atom stereocenters. The fraction of sp³-hybridized carbons (Fsp3) is 0.625. The van der Waals surface area contributed by atoms with Crippen LogP contribution < -0.4 is 5.32 Å². The molecule has 0 aliphatic carbocycles. The van der Waals surface area contributed by atoms with E-state index in [0.717, 1.165) is 24.7 Å². The summed E-state index contributed by atoms with van der Waals surface area (Å²) in [5.74, 6) is 0.959. The van der Waals surface area contributed by atoms with E-state index in [9.17, 15) is 13.2 Å². The minimum atomic E-state index is -4.27. The Bertz CT molecular complexity index is 412. The number of hydrogen-bond acceptors (Lipinski definition) is 1. The van der Waals surface area contributed by atoms with Gasteiger partial charge in [-0.1, -0.05) is 45.9 Å². The third-order valence-electron chi connectivity index (χ3n) is 3.61. The second-order valence-corrected chi connectivity index (χ2v) is 5.94. The highest BCUT2D eigenvalue weighted by Crippen LogP contribution is 2.32. The highest BCUT2D eigenvalue weighted by atomic mass is 19.4. The van der Waals surface area contributed by atoms with Gasteiger partial charge in [-0.25, -0.2) is 0 Å². The van der Waals surface area contributed by atoms with E-state index in [1.165, 1.54) is 12.1 Å². The normalized spacial score (nSPS) is 15.4. The summed E-state index contributed by atoms with van der Waals surface area (Å²) in [5, 5.41) is 3.36. The van der Waals surface area contributed by atoms with Gasteiger partial charge in [-0.05, 0) is 42.5 Å². The predicted octanol–water partition coefficient (Wildman–Crippen LogP) is 4.69. The zero-order valence-electron chi connectivity index (χ0n) is 12.6. The van der Waals surface area contributed by atoms with E-state index in [1.54, 1.807) is 6.07 Å². The van der Waals surface area contributed by atoms with E-state index in [0.29, 0.717) is 5.92 Å². The lowest BCUT2D eigenvalue weighted by Gasteiger charge is -2.22. The molecule has 1 N–H and O–H groups in total. The molecule has 0 saturated carbocycles. The van der Waals surface area contributed by atoms with Gasteiger partial charge in [0.1, 0.15) is 0 Å². The third-order valence-corrected chi connectivity index (χ3v) is 3.61. The molecule has 1 nitrogen and oxygen atoms in total. The molecule has 0 saturated heterocycles. The maximum Gasteiger partial charge on any atom is 0.416 e. The molecule has 0 amide bonds.